The molecule has 4 aromatic rings. The van der Waals surface area contributed by atoms with Gasteiger partial charge in [0, 0.05) is 24.0 Å². The number of hydrogen-bond donors (Lipinski definition) is 0. The van der Waals surface area contributed by atoms with E-state index in [1.165, 1.54) is 22.4 Å². The van der Waals surface area contributed by atoms with Crippen molar-refractivity contribution < 1.29 is 9.30 Å². The number of aromatic nitrogens is 2. The summed E-state index contributed by atoms with van der Waals surface area (Å²) >= 11 is 0. The molecule has 3 aromatic carbocycles. The Bertz CT molecular complexity index is 1280. The van der Waals surface area contributed by atoms with Crippen LogP contribution in [0.15, 0.2) is 66.7 Å². The van der Waals surface area contributed by atoms with Crippen LogP contribution in [0.3, 0.4) is 0 Å². The lowest BCUT2D eigenvalue weighted by Crippen LogP contribution is -2.42. The number of benzene rings is 3. The molecule has 29 heavy (non-hydrogen) atoms. The van der Waals surface area contributed by atoms with Gasteiger partial charge in [-0.25, -0.2) is 4.98 Å². The summed E-state index contributed by atoms with van der Waals surface area (Å²) in [4.78, 5) is 5.21. The zero-order chi connectivity index (χ0) is 19.6. The van der Waals surface area contributed by atoms with Gasteiger partial charge in [0.2, 0.25) is 11.2 Å². The Labute approximate surface area is 170 Å². The SMILES string of the molecule is CC1(C)Cc2cc3nc(-c4ccccc4)c4[n+](c3cc2O1)CCc1ccccc1-4. The van der Waals surface area contributed by atoms with Gasteiger partial charge in [-0.3, -0.25) is 0 Å². The molecule has 0 saturated carbocycles. The summed E-state index contributed by atoms with van der Waals surface area (Å²) in [5, 5.41) is 0. The minimum Gasteiger partial charge on any atom is -0.487 e. The van der Waals surface area contributed by atoms with E-state index in [2.05, 4.69) is 85.1 Å². The molecule has 0 saturated heterocycles. The first-order valence-corrected chi connectivity index (χ1v) is 10.3. The fraction of sp³-hybridized carbons (Fsp3) is 0.231. The van der Waals surface area contributed by atoms with E-state index in [1.54, 1.807) is 0 Å². The molecule has 1 aromatic heterocycles. The van der Waals surface area contributed by atoms with Crippen LogP contribution in [0.5, 0.6) is 5.75 Å². The third kappa shape index (κ3) is 2.57. The van der Waals surface area contributed by atoms with Crippen molar-refractivity contribution in [2.24, 2.45) is 0 Å². The molecule has 0 N–H and O–H groups in total. The van der Waals surface area contributed by atoms with E-state index < -0.39 is 0 Å². The molecular formula is C26H23N2O+. The van der Waals surface area contributed by atoms with E-state index in [9.17, 15) is 0 Å². The fourth-order valence-corrected chi connectivity index (χ4v) is 4.86. The van der Waals surface area contributed by atoms with E-state index in [-0.39, 0.29) is 5.60 Å². The van der Waals surface area contributed by atoms with Gasteiger partial charge in [0.25, 0.3) is 0 Å². The maximum absolute atomic E-state index is 6.24. The second kappa shape index (κ2) is 5.90. The number of rotatable bonds is 1. The van der Waals surface area contributed by atoms with Crippen LogP contribution >= 0.6 is 0 Å². The number of aryl methyl sites for hydroxylation is 2. The molecule has 0 spiro atoms. The summed E-state index contributed by atoms with van der Waals surface area (Å²) in [5.41, 5.74) is 9.42. The highest BCUT2D eigenvalue weighted by atomic mass is 16.5. The molecule has 3 heterocycles. The van der Waals surface area contributed by atoms with Gasteiger partial charge in [-0.05, 0) is 31.5 Å². The highest BCUT2D eigenvalue weighted by Crippen LogP contribution is 2.39. The van der Waals surface area contributed by atoms with Crippen LogP contribution in [-0.4, -0.2) is 10.6 Å². The summed E-state index contributed by atoms with van der Waals surface area (Å²) in [7, 11) is 0. The summed E-state index contributed by atoms with van der Waals surface area (Å²) in [5.74, 6) is 1.00. The predicted molar refractivity (Wildman–Crippen MR) is 115 cm³/mol. The average Bonchev–Trinajstić information content (AvgIpc) is 3.04. The lowest BCUT2D eigenvalue weighted by molar-refractivity contribution is -0.661. The van der Waals surface area contributed by atoms with Gasteiger partial charge in [0.15, 0.2) is 6.54 Å². The molecule has 0 amide bonds. The molecular weight excluding hydrogens is 356 g/mol. The number of hydrogen-bond acceptors (Lipinski definition) is 2. The second-order valence-corrected chi connectivity index (χ2v) is 8.72. The maximum atomic E-state index is 6.24. The lowest BCUT2D eigenvalue weighted by Gasteiger charge is -2.19. The predicted octanol–water partition coefficient (Wildman–Crippen LogP) is 5.13. The van der Waals surface area contributed by atoms with Crippen LogP contribution in [0, 0.1) is 0 Å². The Kier molecular flexibility index (Phi) is 3.40. The van der Waals surface area contributed by atoms with Gasteiger partial charge in [-0.2, -0.15) is 4.57 Å². The Balaban J connectivity index is 1.70. The first-order valence-electron chi connectivity index (χ1n) is 10.3. The van der Waals surface area contributed by atoms with Crippen molar-refractivity contribution in [3.8, 4) is 28.3 Å². The van der Waals surface area contributed by atoms with Gasteiger partial charge in [0.1, 0.15) is 22.6 Å². The van der Waals surface area contributed by atoms with Crippen molar-refractivity contribution in [3.63, 3.8) is 0 Å². The van der Waals surface area contributed by atoms with Crippen LogP contribution in [0.4, 0.5) is 0 Å². The summed E-state index contributed by atoms with van der Waals surface area (Å²) in [6.45, 7) is 5.26. The van der Waals surface area contributed by atoms with Crippen LogP contribution in [-0.2, 0) is 19.4 Å². The van der Waals surface area contributed by atoms with Crippen LogP contribution < -0.4 is 9.30 Å². The Hall–Kier alpha value is -3.20. The van der Waals surface area contributed by atoms with Crippen molar-refractivity contribution in [3.05, 3.63) is 77.9 Å². The monoisotopic (exact) mass is 379 g/mol. The second-order valence-electron chi connectivity index (χ2n) is 8.72. The lowest BCUT2D eigenvalue weighted by atomic mass is 9.93. The quantitative estimate of drug-likeness (QED) is 0.429. The van der Waals surface area contributed by atoms with E-state index >= 15 is 0 Å². The molecule has 0 unspecified atom stereocenters. The molecule has 0 radical (unpaired) electrons. The number of ether oxygens (including phenoxy) is 1. The summed E-state index contributed by atoms with van der Waals surface area (Å²) in [6.07, 6.45) is 1.95. The van der Waals surface area contributed by atoms with Gasteiger partial charge in [-0.1, -0.05) is 48.5 Å². The van der Waals surface area contributed by atoms with Crippen molar-refractivity contribution in [1.82, 2.24) is 4.98 Å². The molecule has 0 fully saturated rings. The molecule has 142 valence electrons. The average molecular weight is 379 g/mol. The van der Waals surface area contributed by atoms with Gasteiger partial charge in [-0.15, -0.1) is 0 Å². The molecule has 6 rings (SSSR count). The largest absolute Gasteiger partial charge is 0.487 e. The zero-order valence-corrected chi connectivity index (χ0v) is 16.8. The Morgan fingerprint density at radius 2 is 1.72 bits per heavy atom. The molecule has 2 aliphatic rings. The highest BCUT2D eigenvalue weighted by molar-refractivity contribution is 5.85. The Morgan fingerprint density at radius 3 is 2.59 bits per heavy atom. The topological polar surface area (TPSA) is 26.0 Å². The molecule has 3 nitrogen and oxygen atoms in total. The van der Waals surface area contributed by atoms with Crippen molar-refractivity contribution in [2.45, 2.75) is 38.8 Å². The van der Waals surface area contributed by atoms with Crippen molar-refractivity contribution >= 4 is 11.0 Å². The zero-order valence-electron chi connectivity index (χ0n) is 16.8. The first-order chi connectivity index (χ1) is 14.1. The normalized spacial score (nSPS) is 16.1. The fourth-order valence-electron chi connectivity index (χ4n) is 4.86. The van der Waals surface area contributed by atoms with Gasteiger partial charge in [0.05, 0.1) is 11.6 Å². The van der Waals surface area contributed by atoms with E-state index in [4.69, 9.17) is 9.72 Å². The maximum Gasteiger partial charge on any atom is 0.239 e. The summed E-state index contributed by atoms with van der Waals surface area (Å²) < 4.78 is 8.68. The van der Waals surface area contributed by atoms with E-state index in [0.29, 0.717) is 0 Å². The summed E-state index contributed by atoms with van der Waals surface area (Å²) in [6, 6.07) is 23.7. The van der Waals surface area contributed by atoms with Gasteiger partial charge < -0.3 is 4.74 Å². The third-order valence-corrected chi connectivity index (χ3v) is 6.10. The van der Waals surface area contributed by atoms with Crippen LogP contribution in [0.1, 0.15) is 25.0 Å². The Morgan fingerprint density at radius 1 is 0.931 bits per heavy atom. The highest BCUT2D eigenvalue weighted by Gasteiger charge is 2.35. The van der Waals surface area contributed by atoms with Crippen molar-refractivity contribution in [2.75, 3.05) is 0 Å². The smallest absolute Gasteiger partial charge is 0.239 e. The first kappa shape index (κ1) is 16.7. The van der Waals surface area contributed by atoms with Crippen LogP contribution in [0.2, 0.25) is 0 Å². The van der Waals surface area contributed by atoms with Crippen LogP contribution in [0.25, 0.3) is 33.5 Å². The van der Waals surface area contributed by atoms with E-state index in [0.717, 1.165) is 47.4 Å². The standard InChI is InChI=1S/C26H23N2O/c1-26(2)16-19-14-21-22(15-23(19)29-26)28-13-12-17-8-6-7-11-20(17)25(28)24(27-21)18-9-4-3-5-10-18/h3-11,14-15H,12-13,16H2,1-2H3/q+1. The number of fused-ring (bicyclic) bond motifs is 6. The molecule has 0 bridgehead atoms. The molecule has 2 aliphatic heterocycles. The van der Waals surface area contributed by atoms with Crippen molar-refractivity contribution in [1.29, 1.82) is 0 Å². The number of nitrogens with zero attached hydrogens (tertiary/aromatic N) is 2. The minimum atomic E-state index is -0.153. The van der Waals surface area contributed by atoms with Gasteiger partial charge >= 0.3 is 0 Å². The van der Waals surface area contributed by atoms with E-state index in [1.807, 2.05) is 0 Å². The molecule has 3 heteroatoms. The third-order valence-electron chi connectivity index (χ3n) is 6.10. The molecule has 0 aliphatic carbocycles. The molecule has 0 atom stereocenters. The minimum absolute atomic E-state index is 0.153.